The fourth-order valence-electron chi connectivity index (χ4n) is 1.27. The Labute approximate surface area is 100.0 Å². The van der Waals surface area contributed by atoms with E-state index < -0.39 is 11.4 Å². The maximum Gasteiger partial charge on any atom is 0.256 e. The first kappa shape index (κ1) is 13.4. The lowest BCUT2D eigenvalue weighted by atomic mass is 10.0. The standard InChI is InChI=1S/C12H17FN2O2/c1-4-12(2,17-3)11(16)15-8-5-6-10(14)9(13)7-8/h5-7H,4,14H2,1-3H3,(H,15,16). The number of methoxy groups -OCH3 is 1. The lowest BCUT2D eigenvalue weighted by molar-refractivity contribution is -0.136. The summed E-state index contributed by atoms with van der Waals surface area (Å²) < 4.78 is 18.3. The van der Waals surface area contributed by atoms with Crippen LogP contribution in [-0.4, -0.2) is 18.6 Å². The Balaban J connectivity index is 2.84. The quantitative estimate of drug-likeness (QED) is 0.793. The summed E-state index contributed by atoms with van der Waals surface area (Å²) >= 11 is 0. The monoisotopic (exact) mass is 240 g/mol. The van der Waals surface area contributed by atoms with E-state index in [9.17, 15) is 9.18 Å². The van der Waals surface area contributed by atoms with E-state index in [0.717, 1.165) is 0 Å². The number of carbonyl (C=O) groups excluding carboxylic acids is 1. The van der Waals surface area contributed by atoms with Crippen molar-refractivity contribution < 1.29 is 13.9 Å². The lowest BCUT2D eigenvalue weighted by Crippen LogP contribution is -2.41. The van der Waals surface area contributed by atoms with Gasteiger partial charge >= 0.3 is 0 Å². The number of amides is 1. The zero-order chi connectivity index (χ0) is 13.1. The molecule has 17 heavy (non-hydrogen) atoms. The van der Waals surface area contributed by atoms with Gasteiger partial charge in [0, 0.05) is 12.8 Å². The number of nitrogen functional groups attached to an aromatic ring is 1. The predicted octanol–water partition coefficient (Wildman–Crippen LogP) is 2.16. The molecule has 1 aromatic rings. The molecule has 94 valence electrons. The van der Waals surface area contributed by atoms with Crippen molar-refractivity contribution in [2.24, 2.45) is 0 Å². The molecule has 0 saturated heterocycles. The summed E-state index contributed by atoms with van der Waals surface area (Å²) in [5.74, 6) is -0.870. The molecule has 0 spiro atoms. The molecule has 4 nitrogen and oxygen atoms in total. The number of halogens is 1. The van der Waals surface area contributed by atoms with Gasteiger partial charge in [-0.3, -0.25) is 4.79 Å². The molecule has 0 radical (unpaired) electrons. The molecule has 1 aromatic carbocycles. The van der Waals surface area contributed by atoms with Crippen LogP contribution in [0.2, 0.25) is 0 Å². The Morgan fingerprint density at radius 3 is 2.71 bits per heavy atom. The minimum atomic E-state index is -0.919. The van der Waals surface area contributed by atoms with Crippen molar-refractivity contribution in [3.8, 4) is 0 Å². The number of anilines is 2. The van der Waals surface area contributed by atoms with E-state index in [1.165, 1.54) is 19.2 Å². The fourth-order valence-corrected chi connectivity index (χ4v) is 1.27. The summed E-state index contributed by atoms with van der Waals surface area (Å²) in [7, 11) is 1.46. The summed E-state index contributed by atoms with van der Waals surface area (Å²) in [6.07, 6.45) is 0.521. The van der Waals surface area contributed by atoms with Crippen molar-refractivity contribution in [2.45, 2.75) is 25.9 Å². The van der Waals surface area contributed by atoms with Crippen LogP contribution < -0.4 is 11.1 Å². The molecule has 1 unspecified atom stereocenters. The van der Waals surface area contributed by atoms with Crippen LogP contribution >= 0.6 is 0 Å². The van der Waals surface area contributed by atoms with Crippen LogP contribution in [0, 0.1) is 5.82 Å². The van der Waals surface area contributed by atoms with Gasteiger partial charge in [-0.2, -0.15) is 0 Å². The van der Waals surface area contributed by atoms with E-state index in [2.05, 4.69) is 5.32 Å². The van der Waals surface area contributed by atoms with Gasteiger partial charge in [0.05, 0.1) is 5.69 Å². The maximum absolute atomic E-state index is 13.2. The Morgan fingerprint density at radius 2 is 2.24 bits per heavy atom. The van der Waals surface area contributed by atoms with Crippen LogP contribution in [0.4, 0.5) is 15.8 Å². The normalized spacial score (nSPS) is 14.1. The summed E-state index contributed by atoms with van der Waals surface area (Å²) in [5.41, 5.74) is 4.84. The van der Waals surface area contributed by atoms with Crippen LogP contribution in [0.25, 0.3) is 0 Å². The minimum Gasteiger partial charge on any atom is -0.396 e. The molecule has 5 heteroatoms. The van der Waals surface area contributed by atoms with Crippen molar-refractivity contribution in [1.29, 1.82) is 0 Å². The summed E-state index contributed by atoms with van der Waals surface area (Å²) in [6, 6.07) is 4.13. The SMILES string of the molecule is CCC(C)(OC)C(=O)Nc1ccc(N)c(F)c1. The number of hydrogen-bond donors (Lipinski definition) is 2. The third kappa shape index (κ3) is 2.94. The first-order valence-electron chi connectivity index (χ1n) is 5.34. The number of nitrogens with one attached hydrogen (secondary N) is 1. The fraction of sp³-hybridized carbons (Fsp3) is 0.417. The van der Waals surface area contributed by atoms with E-state index in [1.54, 1.807) is 13.0 Å². The first-order valence-corrected chi connectivity index (χ1v) is 5.34. The van der Waals surface area contributed by atoms with Crippen molar-refractivity contribution in [1.82, 2.24) is 0 Å². The molecule has 1 amide bonds. The number of hydrogen-bond acceptors (Lipinski definition) is 3. The number of carbonyl (C=O) groups is 1. The third-order valence-electron chi connectivity index (χ3n) is 2.86. The van der Waals surface area contributed by atoms with Gasteiger partial charge in [-0.25, -0.2) is 4.39 Å². The second-order valence-corrected chi connectivity index (χ2v) is 3.98. The van der Waals surface area contributed by atoms with E-state index in [4.69, 9.17) is 10.5 Å². The Morgan fingerprint density at radius 1 is 1.59 bits per heavy atom. The highest BCUT2D eigenvalue weighted by Crippen LogP contribution is 2.20. The Hall–Kier alpha value is -1.62. The molecule has 3 N–H and O–H groups in total. The molecule has 0 aliphatic heterocycles. The average molecular weight is 240 g/mol. The highest BCUT2D eigenvalue weighted by Gasteiger charge is 2.30. The van der Waals surface area contributed by atoms with Crippen LogP contribution in [0.15, 0.2) is 18.2 Å². The van der Waals surface area contributed by atoms with Gasteiger partial charge in [0.25, 0.3) is 5.91 Å². The molecular formula is C12H17FN2O2. The molecular weight excluding hydrogens is 223 g/mol. The smallest absolute Gasteiger partial charge is 0.256 e. The largest absolute Gasteiger partial charge is 0.396 e. The minimum absolute atomic E-state index is 0.0491. The Bertz CT molecular complexity index is 417. The van der Waals surface area contributed by atoms with Gasteiger partial charge < -0.3 is 15.8 Å². The summed E-state index contributed by atoms with van der Waals surface area (Å²) in [5, 5.41) is 2.59. The van der Waals surface area contributed by atoms with Gasteiger partial charge in [0.2, 0.25) is 0 Å². The maximum atomic E-state index is 13.2. The first-order chi connectivity index (χ1) is 7.92. The second kappa shape index (κ2) is 5.14. The van der Waals surface area contributed by atoms with Crippen LogP contribution in [0.5, 0.6) is 0 Å². The molecule has 1 atom stereocenters. The van der Waals surface area contributed by atoms with Crippen molar-refractivity contribution in [2.75, 3.05) is 18.2 Å². The molecule has 0 bridgehead atoms. The molecule has 0 aliphatic carbocycles. The Kier molecular flexibility index (Phi) is 4.07. The van der Waals surface area contributed by atoms with Crippen molar-refractivity contribution in [3.63, 3.8) is 0 Å². The second-order valence-electron chi connectivity index (χ2n) is 3.98. The molecule has 1 rings (SSSR count). The topological polar surface area (TPSA) is 64.3 Å². The van der Waals surface area contributed by atoms with Gasteiger partial charge in [-0.05, 0) is 31.5 Å². The van der Waals surface area contributed by atoms with Gasteiger partial charge in [0.15, 0.2) is 0 Å². The molecule has 0 aliphatic rings. The number of rotatable bonds is 4. The van der Waals surface area contributed by atoms with Crippen LogP contribution in [-0.2, 0) is 9.53 Å². The van der Waals surface area contributed by atoms with E-state index in [-0.39, 0.29) is 11.6 Å². The summed E-state index contributed by atoms with van der Waals surface area (Å²) in [6.45, 7) is 3.52. The molecule has 0 heterocycles. The van der Waals surface area contributed by atoms with Crippen molar-refractivity contribution in [3.05, 3.63) is 24.0 Å². The molecule has 0 saturated carbocycles. The summed E-state index contributed by atoms with van der Waals surface area (Å²) in [4.78, 5) is 11.9. The van der Waals surface area contributed by atoms with E-state index >= 15 is 0 Å². The number of nitrogens with two attached hydrogens (primary N) is 1. The number of ether oxygens (including phenoxy) is 1. The molecule has 0 aromatic heterocycles. The number of benzene rings is 1. The van der Waals surface area contributed by atoms with E-state index in [1.807, 2.05) is 6.92 Å². The zero-order valence-corrected chi connectivity index (χ0v) is 10.2. The highest BCUT2D eigenvalue weighted by molar-refractivity contribution is 5.97. The predicted molar refractivity (Wildman–Crippen MR) is 65.1 cm³/mol. The van der Waals surface area contributed by atoms with Crippen LogP contribution in [0.1, 0.15) is 20.3 Å². The lowest BCUT2D eigenvalue weighted by Gasteiger charge is -2.25. The average Bonchev–Trinajstić information content (AvgIpc) is 2.32. The highest BCUT2D eigenvalue weighted by atomic mass is 19.1. The zero-order valence-electron chi connectivity index (χ0n) is 10.2. The van der Waals surface area contributed by atoms with Crippen molar-refractivity contribution >= 4 is 17.3 Å². The van der Waals surface area contributed by atoms with Gasteiger partial charge in [0.1, 0.15) is 11.4 Å². The molecule has 0 fully saturated rings. The van der Waals surface area contributed by atoms with E-state index in [0.29, 0.717) is 12.1 Å². The third-order valence-corrected chi connectivity index (χ3v) is 2.86. The van der Waals surface area contributed by atoms with Gasteiger partial charge in [-0.1, -0.05) is 6.92 Å². The van der Waals surface area contributed by atoms with Crippen LogP contribution in [0.3, 0.4) is 0 Å². The van der Waals surface area contributed by atoms with Gasteiger partial charge in [-0.15, -0.1) is 0 Å².